The lowest BCUT2D eigenvalue weighted by atomic mass is 10.2. The van der Waals surface area contributed by atoms with Crippen molar-refractivity contribution in [3.05, 3.63) is 40.9 Å². The molecule has 0 atom stereocenters. The molecule has 0 aliphatic rings. The minimum atomic E-state index is -3.65. The Morgan fingerprint density at radius 1 is 1.43 bits per heavy atom. The van der Waals surface area contributed by atoms with Crippen LogP contribution in [0.4, 0.5) is 0 Å². The van der Waals surface area contributed by atoms with Crippen molar-refractivity contribution in [1.82, 2.24) is 19.5 Å². The smallest absolute Gasteiger partial charge is 0.240 e. The number of benzene rings is 1. The Morgan fingerprint density at radius 2 is 2.19 bits per heavy atom. The molecule has 2 aromatic rings. The van der Waals surface area contributed by atoms with E-state index in [-0.39, 0.29) is 18.0 Å². The SMILES string of the molecule is Cn1cnnc1CCNS(=O)(=O)c1ccc(Cl)c(CO)c1. The van der Waals surface area contributed by atoms with E-state index in [9.17, 15) is 8.42 Å². The summed E-state index contributed by atoms with van der Waals surface area (Å²) in [5, 5.41) is 17.0. The van der Waals surface area contributed by atoms with E-state index in [0.717, 1.165) is 0 Å². The van der Waals surface area contributed by atoms with E-state index >= 15 is 0 Å². The van der Waals surface area contributed by atoms with Crippen LogP contribution >= 0.6 is 11.6 Å². The van der Waals surface area contributed by atoms with E-state index in [4.69, 9.17) is 16.7 Å². The second-order valence-electron chi connectivity index (χ2n) is 4.42. The summed E-state index contributed by atoms with van der Waals surface area (Å²) in [5.74, 6) is 0.685. The summed E-state index contributed by atoms with van der Waals surface area (Å²) in [6.45, 7) is -0.118. The Bertz CT molecular complexity index is 730. The van der Waals surface area contributed by atoms with E-state index in [1.807, 2.05) is 0 Å². The number of nitrogens with one attached hydrogen (secondary N) is 1. The van der Waals surface area contributed by atoms with Gasteiger partial charge in [-0.1, -0.05) is 11.6 Å². The zero-order valence-corrected chi connectivity index (χ0v) is 12.9. The van der Waals surface area contributed by atoms with Gasteiger partial charge in [0.15, 0.2) is 0 Å². The quantitative estimate of drug-likeness (QED) is 0.803. The van der Waals surface area contributed by atoms with Gasteiger partial charge in [-0.25, -0.2) is 13.1 Å². The van der Waals surface area contributed by atoms with Crippen molar-refractivity contribution in [2.24, 2.45) is 7.05 Å². The number of halogens is 1. The van der Waals surface area contributed by atoms with Crippen LogP contribution in [0.3, 0.4) is 0 Å². The van der Waals surface area contributed by atoms with Crippen molar-refractivity contribution in [3.8, 4) is 0 Å². The molecule has 1 aromatic heterocycles. The van der Waals surface area contributed by atoms with Gasteiger partial charge in [-0.15, -0.1) is 10.2 Å². The third-order valence-corrected chi connectivity index (χ3v) is 4.77. The third-order valence-electron chi connectivity index (χ3n) is 2.94. The third kappa shape index (κ3) is 3.79. The summed E-state index contributed by atoms with van der Waals surface area (Å²) in [6, 6.07) is 4.20. The summed E-state index contributed by atoms with van der Waals surface area (Å²) in [4.78, 5) is 0.0638. The highest BCUT2D eigenvalue weighted by Crippen LogP contribution is 2.20. The molecule has 9 heteroatoms. The molecule has 21 heavy (non-hydrogen) atoms. The number of sulfonamides is 1. The standard InChI is InChI=1S/C12H15ClN4O3S/c1-17-8-14-16-12(17)4-5-15-21(19,20)10-2-3-11(13)9(6-10)7-18/h2-3,6,8,15,18H,4-5,7H2,1H3. The second-order valence-corrected chi connectivity index (χ2v) is 6.59. The number of aliphatic hydroxyl groups is 1. The van der Waals surface area contributed by atoms with Crippen LogP contribution < -0.4 is 4.72 Å². The topological polar surface area (TPSA) is 97.1 Å². The minimum absolute atomic E-state index is 0.0638. The number of aromatic nitrogens is 3. The molecule has 0 radical (unpaired) electrons. The maximum absolute atomic E-state index is 12.1. The van der Waals surface area contributed by atoms with Gasteiger partial charge in [0.05, 0.1) is 11.5 Å². The monoisotopic (exact) mass is 330 g/mol. The molecule has 0 fully saturated rings. The van der Waals surface area contributed by atoms with E-state index in [0.29, 0.717) is 22.8 Å². The summed E-state index contributed by atoms with van der Waals surface area (Å²) in [7, 11) is -1.86. The molecule has 1 aromatic carbocycles. The number of hydrogen-bond donors (Lipinski definition) is 2. The predicted octanol–water partition coefficient (Wildman–Crippen LogP) is 0.482. The summed E-state index contributed by atoms with van der Waals surface area (Å²) in [5.41, 5.74) is 0.368. The first-order valence-electron chi connectivity index (χ1n) is 6.16. The van der Waals surface area contributed by atoms with Crippen LogP contribution in [-0.2, 0) is 30.1 Å². The van der Waals surface area contributed by atoms with Crippen LogP contribution in [-0.4, -0.2) is 34.8 Å². The molecule has 0 bridgehead atoms. The molecule has 2 N–H and O–H groups in total. The second kappa shape index (κ2) is 6.52. The fourth-order valence-electron chi connectivity index (χ4n) is 1.75. The Hall–Kier alpha value is -1.48. The molecule has 114 valence electrons. The van der Waals surface area contributed by atoms with Gasteiger partial charge in [-0.3, -0.25) is 0 Å². The van der Waals surface area contributed by atoms with Gasteiger partial charge >= 0.3 is 0 Å². The van der Waals surface area contributed by atoms with Crippen LogP contribution in [0.25, 0.3) is 0 Å². The van der Waals surface area contributed by atoms with Crippen molar-refractivity contribution in [1.29, 1.82) is 0 Å². The van der Waals surface area contributed by atoms with Gasteiger partial charge in [0, 0.05) is 25.0 Å². The Morgan fingerprint density at radius 3 is 2.81 bits per heavy atom. The maximum atomic E-state index is 12.1. The van der Waals surface area contributed by atoms with Gasteiger partial charge in [0.2, 0.25) is 10.0 Å². The van der Waals surface area contributed by atoms with Crippen LogP contribution in [0.2, 0.25) is 5.02 Å². The zero-order valence-electron chi connectivity index (χ0n) is 11.3. The van der Waals surface area contributed by atoms with E-state index in [1.165, 1.54) is 18.2 Å². The fourth-order valence-corrected chi connectivity index (χ4v) is 3.01. The van der Waals surface area contributed by atoms with Gasteiger partial charge in [-0.05, 0) is 23.8 Å². The summed E-state index contributed by atoms with van der Waals surface area (Å²) < 4.78 is 28.5. The molecule has 0 aliphatic heterocycles. The first kappa shape index (κ1) is 15.9. The number of hydrogen-bond acceptors (Lipinski definition) is 5. The van der Waals surface area contributed by atoms with Crippen LogP contribution in [0, 0.1) is 0 Å². The van der Waals surface area contributed by atoms with Gasteiger partial charge in [-0.2, -0.15) is 0 Å². The maximum Gasteiger partial charge on any atom is 0.240 e. The molecule has 0 saturated heterocycles. The highest BCUT2D eigenvalue weighted by Gasteiger charge is 2.15. The van der Waals surface area contributed by atoms with E-state index in [2.05, 4.69) is 14.9 Å². The molecular formula is C12H15ClN4O3S. The number of aliphatic hydroxyl groups excluding tert-OH is 1. The predicted molar refractivity (Wildman–Crippen MR) is 77.3 cm³/mol. The molecular weight excluding hydrogens is 316 g/mol. The molecule has 2 rings (SSSR count). The lowest BCUT2D eigenvalue weighted by Gasteiger charge is -2.08. The normalized spacial score (nSPS) is 11.8. The number of nitrogens with zero attached hydrogens (tertiary/aromatic N) is 3. The van der Waals surface area contributed by atoms with Crippen LogP contribution in [0.5, 0.6) is 0 Å². The fraction of sp³-hybridized carbons (Fsp3) is 0.333. The molecule has 0 amide bonds. The minimum Gasteiger partial charge on any atom is -0.392 e. The largest absolute Gasteiger partial charge is 0.392 e. The van der Waals surface area contributed by atoms with Crippen LogP contribution in [0.1, 0.15) is 11.4 Å². The molecule has 0 spiro atoms. The van der Waals surface area contributed by atoms with Gasteiger partial charge in [0.1, 0.15) is 12.2 Å². The lowest BCUT2D eigenvalue weighted by Crippen LogP contribution is -2.26. The average molecular weight is 331 g/mol. The van der Waals surface area contributed by atoms with Gasteiger partial charge in [0.25, 0.3) is 0 Å². The Kier molecular flexibility index (Phi) is 4.94. The van der Waals surface area contributed by atoms with Crippen molar-refractivity contribution in [2.45, 2.75) is 17.9 Å². The van der Waals surface area contributed by atoms with Crippen LogP contribution in [0.15, 0.2) is 29.4 Å². The summed E-state index contributed by atoms with van der Waals surface area (Å²) in [6.07, 6.45) is 1.98. The molecule has 7 nitrogen and oxygen atoms in total. The number of rotatable bonds is 6. The average Bonchev–Trinajstić information content (AvgIpc) is 2.84. The zero-order chi connectivity index (χ0) is 15.5. The Balaban J connectivity index is 2.06. The molecule has 0 unspecified atom stereocenters. The first-order chi connectivity index (χ1) is 9.94. The molecule has 1 heterocycles. The lowest BCUT2D eigenvalue weighted by molar-refractivity contribution is 0.281. The first-order valence-corrected chi connectivity index (χ1v) is 8.02. The van der Waals surface area contributed by atoms with E-state index < -0.39 is 10.0 Å². The molecule has 0 saturated carbocycles. The number of aryl methyl sites for hydroxylation is 1. The van der Waals surface area contributed by atoms with Gasteiger partial charge < -0.3 is 9.67 Å². The van der Waals surface area contributed by atoms with E-state index in [1.54, 1.807) is 17.9 Å². The van der Waals surface area contributed by atoms with Crippen molar-refractivity contribution in [3.63, 3.8) is 0 Å². The van der Waals surface area contributed by atoms with Crippen molar-refractivity contribution >= 4 is 21.6 Å². The van der Waals surface area contributed by atoms with Crippen molar-refractivity contribution < 1.29 is 13.5 Å². The molecule has 0 aliphatic carbocycles. The van der Waals surface area contributed by atoms with Crippen molar-refractivity contribution in [2.75, 3.05) is 6.54 Å². The summed E-state index contributed by atoms with van der Waals surface area (Å²) >= 11 is 5.84. The highest BCUT2D eigenvalue weighted by molar-refractivity contribution is 7.89. The Labute approximate surface area is 127 Å². The highest BCUT2D eigenvalue weighted by atomic mass is 35.5.